The summed E-state index contributed by atoms with van der Waals surface area (Å²) in [4.78, 5) is 59.8. The van der Waals surface area contributed by atoms with E-state index in [4.69, 9.17) is 9.57 Å². The molecule has 0 N–H and O–H groups in total. The molecule has 0 bridgehead atoms. The summed E-state index contributed by atoms with van der Waals surface area (Å²) in [5.41, 5.74) is 3.40. The van der Waals surface area contributed by atoms with Crippen LogP contribution >= 0.6 is 0 Å². The van der Waals surface area contributed by atoms with Gasteiger partial charge in [0, 0.05) is 68.4 Å². The SMILES string of the molecule is CN(C)c1ccc2c(c1)[Si](C)(C)c1cc(N(C)C)ccc1C21OC(=O)c2ccc(C(=O)ON3C(=O)C=CC3=O)cc21. The summed E-state index contributed by atoms with van der Waals surface area (Å²) >= 11 is 0. The molecule has 6 rings (SSSR count). The van der Waals surface area contributed by atoms with E-state index in [0.717, 1.165) is 45.0 Å². The number of nitrogens with zero attached hydrogens (tertiary/aromatic N) is 3. The zero-order valence-corrected chi connectivity index (χ0v) is 24.6. The third-order valence-corrected chi connectivity index (χ3v) is 11.7. The molecule has 0 saturated heterocycles. The molecular weight excluding hydrogens is 538 g/mol. The van der Waals surface area contributed by atoms with Gasteiger partial charge in [0.05, 0.1) is 11.1 Å². The molecule has 41 heavy (non-hydrogen) atoms. The number of hydrogen-bond donors (Lipinski definition) is 0. The molecule has 3 heterocycles. The van der Waals surface area contributed by atoms with Gasteiger partial charge >= 0.3 is 11.9 Å². The maximum Gasteiger partial charge on any atom is 0.363 e. The van der Waals surface area contributed by atoms with E-state index < -0.39 is 37.4 Å². The highest BCUT2D eigenvalue weighted by Crippen LogP contribution is 2.49. The lowest BCUT2D eigenvalue weighted by molar-refractivity contribution is -0.170. The molecule has 0 saturated carbocycles. The second-order valence-electron chi connectivity index (χ2n) is 11.4. The highest BCUT2D eigenvalue weighted by molar-refractivity contribution is 7.01. The minimum Gasteiger partial charge on any atom is -0.441 e. The van der Waals surface area contributed by atoms with Gasteiger partial charge in [-0.05, 0) is 52.8 Å². The predicted octanol–water partition coefficient (Wildman–Crippen LogP) is 2.41. The molecular formula is C31H29N3O6Si. The van der Waals surface area contributed by atoms with E-state index in [1.807, 2.05) is 62.3 Å². The van der Waals surface area contributed by atoms with Crippen molar-refractivity contribution in [3.8, 4) is 0 Å². The molecule has 0 aromatic heterocycles. The van der Waals surface area contributed by atoms with E-state index >= 15 is 0 Å². The number of amides is 2. The Morgan fingerprint density at radius 3 is 1.83 bits per heavy atom. The summed E-state index contributed by atoms with van der Waals surface area (Å²) in [7, 11) is 5.63. The summed E-state index contributed by atoms with van der Waals surface area (Å²) in [6.07, 6.45) is 2.07. The first-order chi connectivity index (χ1) is 19.4. The Labute approximate surface area is 238 Å². The van der Waals surface area contributed by atoms with Crippen molar-refractivity contribution in [3.05, 3.63) is 94.6 Å². The van der Waals surface area contributed by atoms with Crippen molar-refractivity contribution in [1.29, 1.82) is 0 Å². The lowest BCUT2D eigenvalue weighted by atomic mass is 9.78. The second-order valence-corrected chi connectivity index (χ2v) is 15.7. The van der Waals surface area contributed by atoms with Crippen LogP contribution in [0, 0.1) is 0 Å². The molecule has 0 aliphatic carbocycles. The Morgan fingerprint density at radius 1 is 0.780 bits per heavy atom. The zero-order valence-electron chi connectivity index (χ0n) is 23.6. The van der Waals surface area contributed by atoms with Crippen molar-refractivity contribution < 1.29 is 28.8 Å². The van der Waals surface area contributed by atoms with E-state index in [9.17, 15) is 19.2 Å². The van der Waals surface area contributed by atoms with Crippen LogP contribution in [0.5, 0.6) is 0 Å². The van der Waals surface area contributed by atoms with Gasteiger partial charge in [0.2, 0.25) is 0 Å². The number of benzene rings is 3. The van der Waals surface area contributed by atoms with E-state index in [1.165, 1.54) is 12.1 Å². The molecule has 0 radical (unpaired) electrons. The van der Waals surface area contributed by atoms with Crippen LogP contribution in [0.3, 0.4) is 0 Å². The highest BCUT2D eigenvalue weighted by Gasteiger charge is 2.56. The Morgan fingerprint density at radius 2 is 1.32 bits per heavy atom. The Hall–Kier alpha value is -4.70. The van der Waals surface area contributed by atoms with Gasteiger partial charge in [0.1, 0.15) is 8.07 Å². The number of fused-ring (bicyclic) bond motifs is 6. The quantitative estimate of drug-likeness (QED) is 0.270. The Kier molecular flexibility index (Phi) is 5.76. The summed E-state index contributed by atoms with van der Waals surface area (Å²) in [5, 5.41) is 2.66. The van der Waals surface area contributed by atoms with Gasteiger partial charge in [-0.1, -0.05) is 30.3 Å². The first-order valence-corrected chi connectivity index (χ1v) is 16.2. The fourth-order valence-corrected chi connectivity index (χ4v) is 9.13. The van der Waals surface area contributed by atoms with Crippen molar-refractivity contribution in [1.82, 2.24) is 5.06 Å². The summed E-state index contributed by atoms with van der Waals surface area (Å²) in [6.45, 7) is 4.58. The maximum atomic E-state index is 13.5. The normalized spacial score (nSPS) is 17.2. The van der Waals surface area contributed by atoms with Gasteiger partial charge in [0.15, 0.2) is 5.60 Å². The lowest BCUT2D eigenvalue weighted by Gasteiger charge is -2.44. The summed E-state index contributed by atoms with van der Waals surface area (Å²) in [5.74, 6) is -2.88. The lowest BCUT2D eigenvalue weighted by Crippen LogP contribution is -2.63. The molecule has 2 amide bonds. The van der Waals surface area contributed by atoms with E-state index in [1.54, 1.807) is 6.07 Å². The van der Waals surface area contributed by atoms with Crippen LogP contribution in [-0.4, -0.2) is 65.1 Å². The second kappa shape index (κ2) is 8.90. The van der Waals surface area contributed by atoms with Gasteiger partial charge in [-0.25, -0.2) is 9.59 Å². The van der Waals surface area contributed by atoms with Crippen molar-refractivity contribution in [2.24, 2.45) is 0 Å². The van der Waals surface area contributed by atoms with Crippen LogP contribution in [0.25, 0.3) is 0 Å². The molecule has 1 spiro atoms. The van der Waals surface area contributed by atoms with Crippen LogP contribution in [0.15, 0.2) is 66.7 Å². The highest BCUT2D eigenvalue weighted by atomic mass is 28.3. The van der Waals surface area contributed by atoms with E-state index in [-0.39, 0.29) is 5.56 Å². The van der Waals surface area contributed by atoms with Crippen LogP contribution in [0.1, 0.15) is 37.4 Å². The fourth-order valence-electron chi connectivity index (χ4n) is 5.96. The number of imide groups is 1. The van der Waals surface area contributed by atoms with Gasteiger partial charge in [0.25, 0.3) is 11.8 Å². The third kappa shape index (κ3) is 3.74. The van der Waals surface area contributed by atoms with Crippen molar-refractivity contribution in [2.75, 3.05) is 38.0 Å². The number of rotatable bonds is 4. The van der Waals surface area contributed by atoms with Crippen LogP contribution < -0.4 is 20.2 Å². The Balaban J connectivity index is 1.59. The number of ether oxygens (including phenoxy) is 1. The van der Waals surface area contributed by atoms with Crippen LogP contribution in [0.4, 0.5) is 11.4 Å². The first-order valence-electron chi connectivity index (χ1n) is 13.2. The van der Waals surface area contributed by atoms with Gasteiger partial charge in [-0.15, -0.1) is 0 Å². The van der Waals surface area contributed by atoms with E-state index in [0.29, 0.717) is 16.2 Å². The molecule has 208 valence electrons. The first kappa shape index (κ1) is 26.5. The molecule has 10 heteroatoms. The van der Waals surface area contributed by atoms with Crippen LogP contribution in [0.2, 0.25) is 13.1 Å². The minimum absolute atomic E-state index is 0.0777. The van der Waals surface area contributed by atoms with Crippen molar-refractivity contribution >= 4 is 53.6 Å². The average Bonchev–Trinajstić information content (AvgIpc) is 3.42. The number of carbonyl (C=O) groups excluding carboxylic acids is 4. The van der Waals surface area contributed by atoms with Gasteiger partial charge < -0.3 is 19.4 Å². The number of hydrogen-bond acceptors (Lipinski definition) is 8. The monoisotopic (exact) mass is 567 g/mol. The van der Waals surface area contributed by atoms with Gasteiger partial charge in [-0.2, -0.15) is 0 Å². The maximum absolute atomic E-state index is 13.5. The van der Waals surface area contributed by atoms with Crippen LogP contribution in [-0.2, 0) is 24.8 Å². The van der Waals surface area contributed by atoms with Gasteiger partial charge in [-0.3, -0.25) is 9.59 Å². The van der Waals surface area contributed by atoms with E-state index in [2.05, 4.69) is 25.2 Å². The molecule has 0 unspecified atom stereocenters. The average molecular weight is 568 g/mol. The summed E-state index contributed by atoms with van der Waals surface area (Å²) < 4.78 is 6.38. The van der Waals surface area contributed by atoms with Crippen molar-refractivity contribution in [3.63, 3.8) is 0 Å². The Bertz CT molecular complexity index is 1650. The molecule has 3 aromatic carbocycles. The molecule has 9 nitrogen and oxygen atoms in total. The smallest absolute Gasteiger partial charge is 0.363 e. The largest absolute Gasteiger partial charge is 0.441 e. The number of carbonyl (C=O) groups is 4. The third-order valence-electron chi connectivity index (χ3n) is 8.19. The fraction of sp³-hybridized carbons (Fsp3) is 0.226. The topological polar surface area (TPSA) is 96.5 Å². The molecule has 3 aromatic rings. The zero-order chi connectivity index (χ0) is 29.4. The van der Waals surface area contributed by atoms with Crippen molar-refractivity contribution in [2.45, 2.75) is 18.7 Å². The molecule has 0 fully saturated rings. The number of anilines is 2. The molecule has 0 atom stereocenters. The molecule has 3 aliphatic rings. The predicted molar refractivity (Wildman–Crippen MR) is 156 cm³/mol. The summed E-state index contributed by atoms with van der Waals surface area (Å²) in [6, 6.07) is 16.9. The minimum atomic E-state index is -2.32. The number of hydroxylamine groups is 2. The standard InChI is InChI=1S/C31H29N3O6Si/c1-32(2)19-8-11-22-25(16-19)41(5,6)26-17-20(33(3)4)9-12-23(26)31(22)24-15-18(7-10-21(24)30(38)39-31)29(37)40-34-27(35)13-14-28(34)36/h7-17H,1-6H3. The molecule has 3 aliphatic heterocycles. The number of esters is 1.